The second-order valence-electron chi connectivity index (χ2n) is 7.50. The summed E-state index contributed by atoms with van der Waals surface area (Å²) in [7, 11) is 3.13. The number of rotatable bonds is 8. The summed E-state index contributed by atoms with van der Waals surface area (Å²) < 4.78 is 37.4. The van der Waals surface area contributed by atoms with Crippen molar-refractivity contribution in [1.82, 2.24) is 9.97 Å². The van der Waals surface area contributed by atoms with E-state index >= 15 is 0 Å². The van der Waals surface area contributed by atoms with Gasteiger partial charge >= 0.3 is 10.3 Å². The van der Waals surface area contributed by atoms with Crippen molar-refractivity contribution >= 4 is 33.0 Å². The van der Waals surface area contributed by atoms with Gasteiger partial charge in [-0.2, -0.15) is 13.4 Å². The molecule has 30 heavy (non-hydrogen) atoms. The second kappa shape index (κ2) is 9.19. The Balaban J connectivity index is 1.84. The van der Waals surface area contributed by atoms with Gasteiger partial charge < -0.3 is 19.3 Å². The number of hydrogen-bond acceptors (Lipinski definition) is 9. The molecule has 2 aromatic rings. The fraction of sp³-hybridized carbons (Fsp3) is 0.579. The standard InChI is InChI=1S/C19H29N5O5S/c1-23(2)19-21-15-12-17(28-4)16(27-3)11-14(15)18(22-19)24-8-5-13(6-9-24)7-10-29-30(20,25)26/h11-13H,5-10H2,1-4H3,(H2,20,25,26). The topological polar surface area (TPSA) is 120 Å². The van der Waals surface area contributed by atoms with Crippen molar-refractivity contribution in [1.29, 1.82) is 0 Å². The zero-order valence-electron chi connectivity index (χ0n) is 17.8. The third-order valence-corrected chi connectivity index (χ3v) is 5.75. The molecular formula is C19H29N5O5S. The number of hydrogen-bond donors (Lipinski definition) is 1. The quantitative estimate of drug-likeness (QED) is 0.653. The number of piperidine rings is 1. The van der Waals surface area contributed by atoms with Crippen LogP contribution in [-0.2, 0) is 14.5 Å². The van der Waals surface area contributed by atoms with Crippen molar-refractivity contribution in [2.45, 2.75) is 19.3 Å². The van der Waals surface area contributed by atoms with Gasteiger partial charge in [0.2, 0.25) is 5.95 Å². The fourth-order valence-corrected chi connectivity index (χ4v) is 3.96. The molecule has 1 aliphatic heterocycles. The molecule has 1 aromatic heterocycles. The molecule has 2 N–H and O–H groups in total. The minimum absolute atomic E-state index is 0.113. The van der Waals surface area contributed by atoms with Crippen LogP contribution in [0.2, 0.25) is 0 Å². The van der Waals surface area contributed by atoms with Crippen molar-refractivity contribution < 1.29 is 22.1 Å². The molecule has 2 heterocycles. The third-order valence-electron chi connectivity index (χ3n) is 5.26. The van der Waals surface area contributed by atoms with Crippen LogP contribution in [0.15, 0.2) is 12.1 Å². The molecule has 11 heteroatoms. The Morgan fingerprint density at radius 3 is 2.33 bits per heavy atom. The lowest BCUT2D eigenvalue weighted by molar-refractivity contribution is 0.262. The summed E-state index contributed by atoms with van der Waals surface area (Å²) in [4.78, 5) is 13.6. The number of anilines is 2. The molecule has 166 valence electrons. The number of nitrogens with zero attached hydrogens (tertiary/aromatic N) is 4. The van der Waals surface area contributed by atoms with Crippen molar-refractivity contribution in [2.75, 3.05) is 57.8 Å². The zero-order valence-corrected chi connectivity index (χ0v) is 18.6. The highest BCUT2D eigenvalue weighted by molar-refractivity contribution is 7.84. The average Bonchev–Trinajstić information content (AvgIpc) is 2.71. The highest BCUT2D eigenvalue weighted by atomic mass is 32.2. The van der Waals surface area contributed by atoms with E-state index in [2.05, 4.69) is 14.1 Å². The van der Waals surface area contributed by atoms with E-state index in [0.29, 0.717) is 29.8 Å². The van der Waals surface area contributed by atoms with Crippen LogP contribution in [0.3, 0.4) is 0 Å². The van der Waals surface area contributed by atoms with Crippen LogP contribution in [0.1, 0.15) is 19.3 Å². The van der Waals surface area contributed by atoms with Crippen molar-refractivity contribution in [3.8, 4) is 11.5 Å². The Morgan fingerprint density at radius 2 is 1.77 bits per heavy atom. The average molecular weight is 440 g/mol. The predicted molar refractivity (Wildman–Crippen MR) is 116 cm³/mol. The van der Waals surface area contributed by atoms with Gasteiger partial charge in [-0.3, -0.25) is 4.18 Å². The molecule has 1 aromatic carbocycles. The van der Waals surface area contributed by atoms with E-state index in [4.69, 9.17) is 19.6 Å². The van der Waals surface area contributed by atoms with Gasteiger partial charge in [0.15, 0.2) is 11.5 Å². The largest absolute Gasteiger partial charge is 0.493 e. The van der Waals surface area contributed by atoms with Gasteiger partial charge in [-0.05, 0) is 31.2 Å². The van der Waals surface area contributed by atoms with Crippen LogP contribution in [0.25, 0.3) is 10.9 Å². The van der Waals surface area contributed by atoms with E-state index in [1.807, 2.05) is 31.1 Å². The summed E-state index contributed by atoms with van der Waals surface area (Å²) in [6.45, 7) is 1.71. The molecule has 0 spiro atoms. The van der Waals surface area contributed by atoms with Crippen molar-refractivity contribution in [3.63, 3.8) is 0 Å². The van der Waals surface area contributed by atoms with Crippen LogP contribution < -0.4 is 24.4 Å². The number of methoxy groups -OCH3 is 2. The van der Waals surface area contributed by atoms with Gasteiger partial charge in [-0.1, -0.05) is 0 Å². The SMILES string of the molecule is COc1cc2nc(N(C)C)nc(N3CCC(CCOS(N)(=O)=O)CC3)c2cc1OC. The molecule has 0 saturated carbocycles. The minimum Gasteiger partial charge on any atom is -0.493 e. The smallest absolute Gasteiger partial charge is 0.333 e. The van der Waals surface area contributed by atoms with Gasteiger partial charge in [0.1, 0.15) is 5.82 Å². The Hall–Kier alpha value is -2.37. The van der Waals surface area contributed by atoms with Gasteiger partial charge in [0, 0.05) is 38.6 Å². The maximum absolute atomic E-state index is 10.9. The Bertz CT molecular complexity index is 990. The highest BCUT2D eigenvalue weighted by Crippen LogP contribution is 2.37. The van der Waals surface area contributed by atoms with E-state index in [-0.39, 0.29) is 6.61 Å². The van der Waals surface area contributed by atoms with Crippen LogP contribution in [0.4, 0.5) is 11.8 Å². The molecule has 0 bridgehead atoms. The first-order valence-electron chi connectivity index (χ1n) is 9.75. The molecule has 1 saturated heterocycles. The van der Waals surface area contributed by atoms with Gasteiger partial charge in [-0.25, -0.2) is 10.1 Å². The third kappa shape index (κ3) is 5.21. The van der Waals surface area contributed by atoms with Crippen LogP contribution >= 0.6 is 0 Å². The van der Waals surface area contributed by atoms with Crippen LogP contribution in [-0.4, -0.2) is 66.4 Å². The Labute approximate surface area is 177 Å². The Kier molecular flexibility index (Phi) is 6.84. The highest BCUT2D eigenvalue weighted by Gasteiger charge is 2.24. The minimum atomic E-state index is -3.88. The number of aromatic nitrogens is 2. The first-order valence-corrected chi connectivity index (χ1v) is 11.2. The normalized spacial score (nSPS) is 15.4. The summed E-state index contributed by atoms with van der Waals surface area (Å²) in [6, 6.07) is 3.78. The summed E-state index contributed by atoms with van der Waals surface area (Å²) in [5, 5.41) is 5.79. The van der Waals surface area contributed by atoms with E-state index in [0.717, 1.165) is 42.7 Å². The number of nitrogens with two attached hydrogens (primary N) is 1. The van der Waals surface area contributed by atoms with Crippen LogP contribution in [0, 0.1) is 5.92 Å². The fourth-order valence-electron chi connectivity index (χ4n) is 3.63. The summed E-state index contributed by atoms with van der Waals surface area (Å²) >= 11 is 0. The summed E-state index contributed by atoms with van der Waals surface area (Å²) in [6.07, 6.45) is 2.47. The van der Waals surface area contributed by atoms with E-state index in [9.17, 15) is 8.42 Å². The maximum Gasteiger partial charge on any atom is 0.333 e. The molecular weight excluding hydrogens is 410 g/mol. The summed E-state index contributed by atoms with van der Waals surface area (Å²) in [5.74, 6) is 3.09. The zero-order chi connectivity index (χ0) is 21.9. The maximum atomic E-state index is 10.9. The first-order chi connectivity index (χ1) is 14.2. The second-order valence-corrected chi connectivity index (χ2v) is 8.72. The van der Waals surface area contributed by atoms with Gasteiger partial charge in [-0.15, -0.1) is 0 Å². The first kappa shape index (κ1) is 22.3. The van der Waals surface area contributed by atoms with Gasteiger partial charge in [0.05, 0.1) is 26.3 Å². The van der Waals surface area contributed by atoms with E-state index in [1.54, 1.807) is 14.2 Å². The lowest BCUT2D eigenvalue weighted by Crippen LogP contribution is -2.35. The van der Waals surface area contributed by atoms with Gasteiger partial charge in [0.25, 0.3) is 0 Å². The molecule has 1 fully saturated rings. The molecule has 0 radical (unpaired) electrons. The van der Waals surface area contributed by atoms with E-state index in [1.165, 1.54) is 0 Å². The lowest BCUT2D eigenvalue weighted by atomic mass is 9.94. The molecule has 0 atom stereocenters. The monoisotopic (exact) mass is 439 g/mol. The van der Waals surface area contributed by atoms with Crippen LogP contribution in [0.5, 0.6) is 11.5 Å². The lowest BCUT2D eigenvalue weighted by Gasteiger charge is -2.33. The van der Waals surface area contributed by atoms with Crippen molar-refractivity contribution in [2.24, 2.45) is 11.1 Å². The van der Waals surface area contributed by atoms with E-state index < -0.39 is 10.3 Å². The summed E-state index contributed by atoms with van der Waals surface area (Å²) in [5.41, 5.74) is 0.782. The Morgan fingerprint density at radius 1 is 1.13 bits per heavy atom. The molecule has 0 unspecified atom stereocenters. The molecule has 0 amide bonds. The molecule has 1 aliphatic rings. The predicted octanol–water partition coefficient (Wildman–Crippen LogP) is 1.54. The number of ether oxygens (including phenoxy) is 2. The molecule has 3 rings (SSSR count). The molecule has 10 nitrogen and oxygen atoms in total. The van der Waals surface area contributed by atoms with Crippen molar-refractivity contribution in [3.05, 3.63) is 12.1 Å². The number of benzene rings is 1. The number of fused-ring (bicyclic) bond motifs is 1. The molecule has 0 aliphatic carbocycles.